The van der Waals surface area contributed by atoms with Gasteiger partial charge < -0.3 is 4.42 Å². The number of unbranched alkanes of at least 4 members (excludes halogenated alkanes) is 1. The summed E-state index contributed by atoms with van der Waals surface area (Å²) >= 11 is 3.43. The Morgan fingerprint density at radius 2 is 1.81 bits per heavy atom. The normalized spacial score (nSPS) is 10.6. The molecule has 0 atom stereocenters. The molecule has 0 radical (unpaired) electrons. The molecule has 0 aliphatic carbocycles. The van der Waals surface area contributed by atoms with E-state index in [1.165, 1.54) is 12.8 Å². The fraction of sp³-hybridized carbons (Fsp3) is 0.286. The average molecular weight is 279 g/mol. The fourth-order valence-electron chi connectivity index (χ4n) is 1.63. The van der Waals surface area contributed by atoms with Crippen LogP contribution < -0.4 is 0 Å². The van der Waals surface area contributed by atoms with Crippen LogP contribution in [0.5, 0.6) is 0 Å². The molecule has 0 fully saturated rings. The maximum absolute atomic E-state index is 5.80. The minimum atomic E-state index is 0.957. The Balaban J connectivity index is 2.15. The highest BCUT2D eigenvalue weighted by Crippen LogP contribution is 2.24. The van der Waals surface area contributed by atoms with Crippen molar-refractivity contribution in [2.45, 2.75) is 26.2 Å². The third-order valence-electron chi connectivity index (χ3n) is 2.57. The monoisotopic (exact) mass is 278 g/mol. The number of furan rings is 1. The van der Waals surface area contributed by atoms with Crippen molar-refractivity contribution in [3.8, 4) is 11.3 Å². The van der Waals surface area contributed by atoms with Crippen molar-refractivity contribution in [2.24, 2.45) is 0 Å². The van der Waals surface area contributed by atoms with E-state index >= 15 is 0 Å². The van der Waals surface area contributed by atoms with Crippen LogP contribution in [-0.2, 0) is 6.42 Å². The van der Waals surface area contributed by atoms with E-state index in [0.29, 0.717) is 0 Å². The Hall–Kier alpha value is -1.02. The van der Waals surface area contributed by atoms with Gasteiger partial charge in [0.2, 0.25) is 0 Å². The predicted octanol–water partition coefficient (Wildman–Crippen LogP) is 5.05. The van der Waals surface area contributed by atoms with E-state index in [2.05, 4.69) is 41.1 Å². The lowest BCUT2D eigenvalue weighted by molar-refractivity contribution is 0.512. The van der Waals surface area contributed by atoms with E-state index in [4.69, 9.17) is 4.42 Å². The summed E-state index contributed by atoms with van der Waals surface area (Å²) in [5, 5.41) is 0. The smallest absolute Gasteiger partial charge is 0.134 e. The molecule has 0 saturated heterocycles. The molecule has 0 amide bonds. The number of hydrogen-bond donors (Lipinski definition) is 0. The topological polar surface area (TPSA) is 13.1 Å². The molecule has 0 saturated carbocycles. The molecule has 0 unspecified atom stereocenters. The molecule has 2 heteroatoms. The summed E-state index contributed by atoms with van der Waals surface area (Å²) in [6.45, 7) is 2.19. The Morgan fingerprint density at radius 3 is 2.50 bits per heavy atom. The number of halogens is 1. The van der Waals surface area contributed by atoms with Crippen molar-refractivity contribution in [3.05, 3.63) is 46.6 Å². The highest BCUT2D eigenvalue weighted by molar-refractivity contribution is 9.10. The maximum atomic E-state index is 5.80. The predicted molar refractivity (Wildman–Crippen MR) is 70.5 cm³/mol. The third kappa shape index (κ3) is 2.76. The van der Waals surface area contributed by atoms with E-state index in [-0.39, 0.29) is 0 Å². The molecule has 16 heavy (non-hydrogen) atoms. The van der Waals surface area contributed by atoms with E-state index in [9.17, 15) is 0 Å². The van der Waals surface area contributed by atoms with Crippen LogP contribution >= 0.6 is 15.9 Å². The van der Waals surface area contributed by atoms with Gasteiger partial charge in [-0.25, -0.2) is 0 Å². The van der Waals surface area contributed by atoms with Crippen LogP contribution in [-0.4, -0.2) is 0 Å². The summed E-state index contributed by atoms with van der Waals surface area (Å²) < 4.78 is 6.89. The summed E-state index contributed by atoms with van der Waals surface area (Å²) in [6, 6.07) is 12.3. The largest absolute Gasteiger partial charge is 0.461 e. The summed E-state index contributed by atoms with van der Waals surface area (Å²) in [4.78, 5) is 0. The lowest BCUT2D eigenvalue weighted by Crippen LogP contribution is -1.79. The van der Waals surface area contributed by atoms with Gasteiger partial charge in [0.05, 0.1) is 0 Å². The zero-order chi connectivity index (χ0) is 11.4. The van der Waals surface area contributed by atoms with Gasteiger partial charge in [0.25, 0.3) is 0 Å². The van der Waals surface area contributed by atoms with Crippen molar-refractivity contribution in [2.75, 3.05) is 0 Å². The van der Waals surface area contributed by atoms with E-state index in [0.717, 1.165) is 28.0 Å². The second-order valence-electron chi connectivity index (χ2n) is 3.88. The first-order chi connectivity index (χ1) is 7.79. The molecule has 2 aromatic rings. The van der Waals surface area contributed by atoms with Crippen LogP contribution in [0.15, 0.2) is 45.3 Å². The standard InChI is InChI=1S/C14H15BrO/c1-2-3-4-13-9-10-14(16-13)11-5-7-12(15)8-6-11/h5-10H,2-4H2,1H3. The average Bonchev–Trinajstić information content (AvgIpc) is 2.76. The Kier molecular flexibility index (Phi) is 3.83. The van der Waals surface area contributed by atoms with Gasteiger partial charge in [0, 0.05) is 16.5 Å². The first-order valence-electron chi connectivity index (χ1n) is 5.64. The quantitative estimate of drug-likeness (QED) is 0.763. The summed E-state index contributed by atoms with van der Waals surface area (Å²) in [7, 11) is 0. The molecule has 0 bridgehead atoms. The zero-order valence-electron chi connectivity index (χ0n) is 9.37. The fourth-order valence-corrected chi connectivity index (χ4v) is 1.90. The molecular formula is C14H15BrO. The zero-order valence-corrected chi connectivity index (χ0v) is 11.0. The van der Waals surface area contributed by atoms with Gasteiger partial charge in [-0.2, -0.15) is 0 Å². The molecule has 1 heterocycles. The molecule has 2 rings (SSSR count). The van der Waals surface area contributed by atoms with Crippen LogP contribution in [0.2, 0.25) is 0 Å². The Bertz CT molecular complexity index is 442. The number of rotatable bonds is 4. The van der Waals surface area contributed by atoms with Gasteiger partial charge in [-0.05, 0) is 30.7 Å². The second-order valence-corrected chi connectivity index (χ2v) is 4.79. The van der Waals surface area contributed by atoms with Crippen molar-refractivity contribution < 1.29 is 4.42 Å². The molecule has 0 N–H and O–H groups in total. The molecule has 1 aromatic carbocycles. The van der Waals surface area contributed by atoms with Crippen LogP contribution in [0.1, 0.15) is 25.5 Å². The lowest BCUT2D eigenvalue weighted by atomic mass is 10.2. The molecule has 1 aromatic heterocycles. The van der Waals surface area contributed by atoms with E-state index in [1.807, 2.05) is 18.2 Å². The lowest BCUT2D eigenvalue weighted by Gasteiger charge is -1.97. The number of aryl methyl sites for hydroxylation is 1. The minimum Gasteiger partial charge on any atom is -0.461 e. The SMILES string of the molecule is CCCCc1ccc(-c2ccc(Br)cc2)o1. The van der Waals surface area contributed by atoms with Crippen molar-refractivity contribution >= 4 is 15.9 Å². The Morgan fingerprint density at radius 1 is 1.06 bits per heavy atom. The highest BCUT2D eigenvalue weighted by atomic mass is 79.9. The van der Waals surface area contributed by atoms with E-state index in [1.54, 1.807) is 0 Å². The summed E-state index contributed by atoms with van der Waals surface area (Å²) in [5.41, 5.74) is 1.13. The molecule has 0 spiro atoms. The van der Waals surface area contributed by atoms with Crippen LogP contribution in [0.3, 0.4) is 0 Å². The first kappa shape index (κ1) is 11.5. The summed E-state index contributed by atoms with van der Waals surface area (Å²) in [6.07, 6.45) is 3.43. The second kappa shape index (κ2) is 5.35. The molecular weight excluding hydrogens is 264 g/mol. The molecule has 0 aliphatic heterocycles. The number of hydrogen-bond acceptors (Lipinski definition) is 1. The van der Waals surface area contributed by atoms with Gasteiger partial charge in [-0.3, -0.25) is 0 Å². The van der Waals surface area contributed by atoms with Crippen molar-refractivity contribution in [3.63, 3.8) is 0 Å². The van der Waals surface area contributed by atoms with Gasteiger partial charge in [0.1, 0.15) is 11.5 Å². The Labute approximate surface area is 105 Å². The van der Waals surface area contributed by atoms with E-state index < -0.39 is 0 Å². The first-order valence-corrected chi connectivity index (χ1v) is 6.43. The van der Waals surface area contributed by atoms with Gasteiger partial charge in [-0.15, -0.1) is 0 Å². The van der Waals surface area contributed by atoms with Gasteiger partial charge in [-0.1, -0.05) is 41.4 Å². The molecule has 84 valence electrons. The highest BCUT2D eigenvalue weighted by Gasteiger charge is 2.03. The van der Waals surface area contributed by atoms with Crippen molar-refractivity contribution in [1.29, 1.82) is 0 Å². The summed E-state index contributed by atoms with van der Waals surface area (Å²) in [5.74, 6) is 2.04. The van der Waals surface area contributed by atoms with Crippen molar-refractivity contribution in [1.82, 2.24) is 0 Å². The van der Waals surface area contributed by atoms with Gasteiger partial charge in [0.15, 0.2) is 0 Å². The molecule has 0 aliphatic rings. The van der Waals surface area contributed by atoms with Crippen LogP contribution in [0.4, 0.5) is 0 Å². The third-order valence-corrected chi connectivity index (χ3v) is 3.10. The van der Waals surface area contributed by atoms with Crippen LogP contribution in [0.25, 0.3) is 11.3 Å². The van der Waals surface area contributed by atoms with Gasteiger partial charge >= 0.3 is 0 Å². The number of benzene rings is 1. The minimum absolute atomic E-state index is 0.957. The maximum Gasteiger partial charge on any atom is 0.134 e. The van der Waals surface area contributed by atoms with Crippen LogP contribution in [0, 0.1) is 0 Å². The molecule has 1 nitrogen and oxygen atoms in total.